The van der Waals surface area contributed by atoms with E-state index >= 15 is 0 Å². The Labute approximate surface area is 133 Å². The van der Waals surface area contributed by atoms with Crippen LogP contribution in [0.5, 0.6) is 0 Å². The summed E-state index contributed by atoms with van der Waals surface area (Å²) in [6.07, 6.45) is 0.867. The van der Waals surface area contributed by atoms with Crippen molar-refractivity contribution >= 4 is 22.1 Å². The number of H-pyrrole nitrogens is 1. The van der Waals surface area contributed by atoms with Gasteiger partial charge >= 0.3 is 0 Å². The minimum absolute atomic E-state index is 0.867. The smallest absolute Gasteiger partial charge is 0.112 e. The second-order valence-corrected chi connectivity index (χ2v) is 6.51. The second-order valence-electron chi connectivity index (χ2n) is 5.48. The van der Waals surface area contributed by atoms with E-state index < -0.39 is 0 Å². The van der Waals surface area contributed by atoms with Gasteiger partial charge in [0.25, 0.3) is 0 Å². The molecule has 1 N–H and O–H groups in total. The number of aromatic nitrogens is 2. The van der Waals surface area contributed by atoms with Gasteiger partial charge in [0.1, 0.15) is 5.82 Å². The van der Waals surface area contributed by atoms with Gasteiger partial charge in [0, 0.05) is 22.6 Å². The summed E-state index contributed by atoms with van der Waals surface area (Å²) in [5.41, 5.74) is 3.35. The molecule has 22 heavy (non-hydrogen) atoms. The summed E-state index contributed by atoms with van der Waals surface area (Å²) in [6.45, 7) is 2.09. The summed E-state index contributed by atoms with van der Waals surface area (Å²) in [7, 11) is 0. The molecular formula is C19H16N2S. The number of aromatic amines is 1. The molecule has 0 fully saturated rings. The molecule has 0 atom stereocenters. The maximum Gasteiger partial charge on any atom is 0.112 e. The van der Waals surface area contributed by atoms with E-state index in [2.05, 4.69) is 71.9 Å². The Bertz CT molecular complexity index is 920. The van der Waals surface area contributed by atoms with E-state index in [1.807, 2.05) is 0 Å². The van der Waals surface area contributed by atoms with E-state index in [0.29, 0.717) is 0 Å². The third-order valence-corrected chi connectivity index (χ3v) is 4.75. The molecule has 0 aliphatic carbocycles. The van der Waals surface area contributed by atoms with Gasteiger partial charge in [-0.15, -0.1) is 11.3 Å². The van der Waals surface area contributed by atoms with Crippen LogP contribution in [0.25, 0.3) is 22.0 Å². The van der Waals surface area contributed by atoms with Crippen LogP contribution in [0.3, 0.4) is 0 Å². The third kappa shape index (κ3) is 2.44. The highest BCUT2D eigenvalue weighted by Crippen LogP contribution is 2.26. The molecule has 0 spiro atoms. The molecular weight excluding hydrogens is 288 g/mol. The van der Waals surface area contributed by atoms with Crippen LogP contribution >= 0.6 is 11.3 Å². The molecule has 2 aromatic heterocycles. The summed E-state index contributed by atoms with van der Waals surface area (Å²) in [4.78, 5) is 9.57. The van der Waals surface area contributed by atoms with Crippen LogP contribution in [0.4, 0.5) is 0 Å². The first kappa shape index (κ1) is 13.3. The summed E-state index contributed by atoms with van der Waals surface area (Å²) in [6, 6.07) is 19.2. The largest absolute Gasteiger partial charge is 0.345 e. The molecule has 0 amide bonds. The van der Waals surface area contributed by atoms with Crippen LogP contribution < -0.4 is 0 Å². The van der Waals surface area contributed by atoms with Crippen LogP contribution in [0, 0.1) is 6.92 Å². The van der Waals surface area contributed by atoms with E-state index in [-0.39, 0.29) is 0 Å². The summed E-state index contributed by atoms with van der Waals surface area (Å²) < 4.78 is 0. The fourth-order valence-corrected chi connectivity index (χ4v) is 3.51. The summed E-state index contributed by atoms with van der Waals surface area (Å²) in [5, 5.41) is 4.62. The zero-order valence-corrected chi connectivity index (χ0v) is 13.2. The lowest BCUT2D eigenvalue weighted by molar-refractivity contribution is 1.03. The Hall–Kier alpha value is -2.39. The van der Waals surface area contributed by atoms with Crippen molar-refractivity contribution < 1.29 is 0 Å². The summed E-state index contributed by atoms with van der Waals surface area (Å²) in [5.74, 6) is 1.03. The number of nitrogens with zero attached hydrogens (tertiary/aromatic N) is 1. The van der Waals surface area contributed by atoms with Crippen LogP contribution in [0.15, 0.2) is 60.0 Å². The van der Waals surface area contributed by atoms with Crippen LogP contribution in [0.2, 0.25) is 0 Å². The predicted octanol–water partition coefficient (Wildman–Crippen LogP) is 5.19. The topological polar surface area (TPSA) is 28.7 Å². The predicted molar refractivity (Wildman–Crippen MR) is 93.4 cm³/mol. The number of rotatable bonds is 3. The van der Waals surface area contributed by atoms with Crippen molar-refractivity contribution in [1.29, 1.82) is 0 Å². The molecule has 2 nitrogen and oxygen atoms in total. The molecule has 0 saturated carbocycles. The Balaban J connectivity index is 1.73. The normalized spacial score (nSPS) is 11.1. The van der Waals surface area contributed by atoms with Crippen molar-refractivity contribution in [3.63, 3.8) is 0 Å². The van der Waals surface area contributed by atoms with E-state index in [9.17, 15) is 0 Å². The van der Waals surface area contributed by atoms with Crippen molar-refractivity contribution in [3.05, 3.63) is 76.4 Å². The van der Waals surface area contributed by atoms with E-state index in [0.717, 1.165) is 23.6 Å². The van der Waals surface area contributed by atoms with Gasteiger partial charge in [-0.25, -0.2) is 4.98 Å². The van der Waals surface area contributed by atoms with E-state index in [1.54, 1.807) is 11.3 Å². The van der Waals surface area contributed by atoms with Crippen LogP contribution in [-0.2, 0) is 6.42 Å². The monoisotopic (exact) mass is 304 g/mol. The number of imidazole rings is 1. The lowest BCUT2D eigenvalue weighted by Crippen LogP contribution is -1.87. The first-order chi connectivity index (χ1) is 10.8. The molecule has 2 heterocycles. The van der Waals surface area contributed by atoms with Crippen LogP contribution in [-0.4, -0.2) is 9.97 Å². The molecule has 0 saturated heterocycles. The molecule has 2 aromatic carbocycles. The van der Waals surface area contributed by atoms with Gasteiger partial charge in [-0.1, -0.05) is 42.5 Å². The number of thiophene rings is 1. The fraction of sp³-hybridized carbons (Fsp3) is 0.105. The maximum absolute atomic E-state index is 4.81. The summed E-state index contributed by atoms with van der Waals surface area (Å²) >= 11 is 1.77. The second kappa shape index (κ2) is 5.43. The van der Waals surface area contributed by atoms with Crippen molar-refractivity contribution in [2.24, 2.45) is 0 Å². The molecule has 4 rings (SSSR count). The van der Waals surface area contributed by atoms with Crippen molar-refractivity contribution in [3.8, 4) is 11.3 Å². The quantitative estimate of drug-likeness (QED) is 0.554. The SMILES string of the molecule is Cc1[nH]c(Cc2cccs2)nc1-c1ccc2ccccc2c1. The Morgan fingerprint density at radius 3 is 2.68 bits per heavy atom. The fourth-order valence-electron chi connectivity index (χ4n) is 2.80. The van der Waals surface area contributed by atoms with Gasteiger partial charge in [-0.2, -0.15) is 0 Å². The van der Waals surface area contributed by atoms with Crippen molar-refractivity contribution in [1.82, 2.24) is 9.97 Å². The number of hydrogen-bond donors (Lipinski definition) is 1. The number of nitrogens with one attached hydrogen (secondary N) is 1. The standard InChI is InChI=1S/C19H16N2S/c1-13-19(21-18(20-13)12-17-7-4-10-22-17)16-9-8-14-5-2-3-6-15(14)11-16/h2-11H,12H2,1H3,(H,20,21). The molecule has 0 unspecified atom stereocenters. The highest BCUT2D eigenvalue weighted by atomic mass is 32.1. The number of aryl methyl sites for hydroxylation is 1. The van der Waals surface area contributed by atoms with Gasteiger partial charge < -0.3 is 4.98 Å². The minimum atomic E-state index is 0.867. The zero-order chi connectivity index (χ0) is 14.9. The van der Waals surface area contributed by atoms with Crippen LogP contribution in [0.1, 0.15) is 16.4 Å². The zero-order valence-electron chi connectivity index (χ0n) is 12.3. The van der Waals surface area contributed by atoms with Gasteiger partial charge in [-0.05, 0) is 35.2 Å². The lowest BCUT2D eigenvalue weighted by Gasteiger charge is -2.02. The van der Waals surface area contributed by atoms with Gasteiger partial charge in [0.15, 0.2) is 0 Å². The molecule has 0 aliphatic rings. The molecule has 0 bridgehead atoms. The average Bonchev–Trinajstić information content (AvgIpc) is 3.17. The Morgan fingerprint density at radius 2 is 1.86 bits per heavy atom. The van der Waals surface area contributed by atoms with E-state index in [4.69, 9.17) is 4.98 Å². The first-order valence-corrected chi connectivity index (χ1v) is 8.24. The Morgan fingerprint density at radius 1 is 1.00 bits per heavy atom. The van der Waals surface area contributed by atoms with Gasteiger partial charge in [0.05, 0.1) is 5.69 Å². The third-order valence-electron chi connectivity index (χ3n) is 3.88. The Kier molecular flexibility index (Phi) is 3.28. The van der Waals surface area contributed by atoms with E-state index in [1.165, 1.54) is 21.2 Å². The molecule has 3 heteroatoms. The number of benzene rings is 2. The molecule has 0 aliphatic heterocycles. The minimum Gasteiger partial charge on any atom is -0.345 e. The highest BCUT2D eigenvalue weighted by molar-refractivity contribution is 7.09. The first-order valence-electron chi connectivity index (χ1n) is 7.36. The maximum atomic E-state index is 4.81. The van der Waals surface area contributed by atoms with Crippen molar-refractivity contribution in [2.45, 2.75) is 13.3 Å². The number of hydrogen-bond acceptors (Lipinski definition) is 2. The average molecular weight is 304 g/mol. The van der Waals surface area contributed by atoms with Gasteiger partial charge in [-0.3, -0.25) is 0 Å². The molecule has 108 valence electrons. The molecule has 0 radical (unpaired) electrons. The molecule has 4 aromatic rings. The van der Waals surface area contributed by atoms with Crippen molar-refractivity contribution in [2.75, 3.05) is 0 Å². The number of fused-ring (bicyclic) bond motifs is 1. The highest BCUT2D eigenvalue weighted by Gasteiger charge is 2.10. The van der Waals surface area contributed by atoms with Gasteiger partial charge in [0.2, 0.25) is 0 Å². The lowest BCUT2D eigenvalue weighted by atomic mass is 10.0.